The third kappa shape index (κ3) is 4.51. The molecular weight excluding hydrogens is 320 g/mol. The predicted molar refractivity (Wildman–Crippen MR) is 90.5 cm³/mol. The summed E-state index contributed by atoms with van der Waals surface area (Å²) in [6.45, 7) is 3.20. The van der Waals surface area contributed by atoms with Gasteiger partial charge in [-0.25, -0.2) is 4.79 Å². The van der Waals surface area contributed by atoms with Gasteiger partial charge in [0.25, 0.3) is 0 Å². The van der Waals surface area contributed by atoms with Gasteiger partial charge in [0, 0.05) is 32.5 Å². The van der Waals surface area contributed by atoms with Crippen LogP contribution in [0.4, 0.5) is 10.5 Å². The number of amides is 1. The number of anilines is 1. The SMILES string of the molecule is CCN(C)C(=O)Oc1cccc2c1NCC2CCC(=O)OC.Cl. The number of para-hydroxylation sites is 1. The lowest BCUT2D eigenvalue weighted by Gasteiger charge is -2.16. The number of hydrogen-bond acceptors (Lipinski definition) is 5. The van der Waals surface area contributed by atoms with Crippen molar-refractivity contribution in [2.45, 2.75) is 25.7 Å². The zero-order chi connectivity index (χ0) is 16.1. The second-order valence-corrected chi connectivity index (χ2v) is 5.30. The van der Waals surface area contributed by atoms with Gasteiger partial charge in [0.2, 0.25) is 0 Å². The number of nitrogens with zero attached hydrogens (tertiary/aromatic N) is 1. The maximum Gasteiger partial charge on any atom is 0.415 e. The number of esters is 1. The van der Waals surface area contributed by atoms with Crippen LogP contribution in [0.5, 0.6) is 5.75 Å². The standard InChI is InChI=1S/C16H22N2O4.ClH/c1-4-18(2)16(20)22-13-7-5-6-12-11(10-17-15(12)13)8-9-14(19)21-3;/h5-7,11,17H,4,8-10H2,1-3H3;1H. The van der Waals surface area contributed by atoms with Crippen LogP contribution in [0, 0.1) is 0 Å². The van der Waals surface area contributed by atoms with Crippen molar-refractivity contribution in [1.82, 2.24) is 4.90 Å². The van der Waals surface area contributed by atoms with Crippen LogP contribution < -0.4 is 10.1 Å². The van der Waals surface area contributed by atoms with E-state index < -0.39 is 0 Å². The molecule has 0 aliphatic carbocycles. The Morgan fingerprint density at radius 3 is 2.78 bits per heavy atom. The molecule has 1 N–H and O–H groups in total. The van der Waals surface area contributed by atoms with E-state index in [0.29, 0.717) is 25.1 Å². The highest BCUT2D eigenvalue weighted by Crippen LogP contribution is 2.40. The van der Waals surface area contributed by atoms with Crippen molar-refractivity contribution >= 4 is 30.2 Å². The smallest absolute Gasteiger partial charge is 0.415 e. The molecule has 0 spiro atoms. The first-order valence-electron chi connectivity index (χ1n) is 7.43. The molecule has 0 aromatic heterocycles. The monoisotopic (exact) mass is 342 g/mol. The average molecular weight is 343 g/mol. The lowest BCUT2D eigenvalue weighted by molar-refractivity contribution is -0.140. The number of ether oxygens (including phenoxy) is 2. The van der Waals surface area contributed by atoms with E-state index in [1.165, 1.54) is 12.0 Å². The largest absolute Gasteiger partial charge is 0.469 e. The van der Waals surface area contributed by atoms with Gasteiger partial charge >= 0.3 is 12.1 Å². The number of rotatable bonds is 5. The fourth-order valence-corrected chi connectivity index (χ4v) is 2.45. The Bertz CT molecular complexity index is 565. The summed E-state index contributed by atoms with van der Waals surface area (Å²) in [5.41, 5.74) is 1.92. The van der Waals surface area contributed by atoms with E-state index in [1.54, 1.807) is 13.1 Å². The number of hydrogen-bond donors (Lipinski definition) is 1. The van der Waals surface area contributed by atoms with E-state index in [-0.39, 0.29) is 30.4 Å². The first-order chi connectivity index (χ1) is 10.6. The second kappa shape index (κ2) is 8.62. The summed E-state index contributed by atoms with van der Waals surface area (Å²) in [4.78, 5) is 24.7. The Balaban J connectivity index is 0.00000264. The highest BCUT2D eigenvalue weighted by molar-refractivity contribution is 5.85. The molecule has 1 unspecified atom stereocenters. The molecule has 1 aliphatic rings. The highest BCUT2D eigenvalue weighted by Gasteiger charge is 2.26. The first-order valence-corrected chi connectivity index (χ1v) is 7.43. The Morgan fingerprint density at radius 2 is 2.13 bits per heavy atom. The number of nitrogens with one attached hydrogen (secondary N) is 1. The van der Waals surface area contributed by atoms with Crippen LogP contribution in [0.1, 0.15) is 31.2 Å². The Labute approximate surface area is 142 Å². The van der Waals surface area contributed by atoms with Crippen molar-refractivity contribution < 1.29 is 19.1 Å². The van der Waals surface area contributed by atoms with Crippen LogP contribution in [0.2, 0.25) is 0 Å². The van der Waals surface area contributed by atoms with E-state index in [9.17, 15) is 9.59 Å². The Hall–Kier alpha value is -1.95. The normalized spacial score (nSPS) is 15.0. The third-order valence-corrected chi connectivity index (χ3v) is 3.93. The van der Waals surface area contributed by atoms with Gasteiger partial charge in [0.1, 0.15) is 0 Å². The van der Waals surface area contributed by atoms with Gasteiger partial charge in [-0.1, -0.05) is 12.1 Å². The number of halogens is 1. The summed E-state index contributed by atoms with van der Waals surface area (Å²) in [7, 11) is 3.09. The number of carbonyl (C=O) groups is 2. The molecule has 1 amide bonds. The quantitative estimate of drug-likeness (QED) is 0.833. The lowest BCUT2D eigenvalue weighted by atomic mass is 9.96. The summed E-state index contributed by atoms with van der Waals surface area (Å²) in [6.07, 6.45) is 0.708. The predicted octanol–water partition coefficient (Wildman–Crippen LogP) is 3.02. The molecule has 0 saturated carbocycles. The van der Waals surface area contributed by atoms with Crippen molar-refractivity contribution in [2.75, 3.05) is 32.6 Å². The number of carbonyl (C=O) groups excluding carboxylic acids is 2. The lowest BCUT2D eigenvalue weighted by Crippen LogP contribution is -2.29. The minimum Gasteiger partial charge on any atom is -0.469 e. The van der Waals surface area contributed by atoms with Gasteiger partial charge in [-0.3, -0.25) is 4.79 Å². The van der Waals surface area contributed by atoms with Crippen LogP contribution in [-0.2, 0) is 9.53 Å². The maximum absolute atomic E-state index is 11.9. The van der Waals surface area contributed by atoms with E-state index in [0.717, 1.165) is 17.8 Å². The van der Waals surface area contributed by atoms with Crippen molar-refractivity contribution in [2.24, 2.45) is 0 Å². The van der Waals surface area contributed by atoms with E-state index in [1.807, 2.05) is 19.1 Å². The zero-order valence-electron chi connectivity index (χ0n) is 13.6. The molecule has 0 fully saturated rings. The molecule has 0 saturated heterocycles. The van der Waals surface area contributed by atoms with E-state index >= 15 is 0 Å². The molecule has 23 heavy (non-hydrogen) atoms. The molecule has 0 bridgehead atoms. The number of fused-ring (bicyclic) bond motifs is 1. The maximum atomic E-state index is 11.9. The van der Waals surface area contributed by atoms with Gasteiger partial charge < -0.3 is 19.7 Å². The minimum absolute atomic E-state index is 0. The topological polar surface area (TPSA) is 67.9 Å². The fourth-order valence-electron chi connectivity index (χ4n) is 2.45. The van der Waals surface area contributed by atoms with Gasteiger partial charge in [-0.15, -0.1) is 12.4 Å². The van der Waals surface area contributed by atoms with Gasteiger partial charge in [-0.05, 0) is 25.0 Å². The van der Waals surface area contributed by atoms with Crippen LogP contribution in [-0.4, -0.2) is 44.2 Å². The van der Waals surface area contributed by atoms with Crippen LogP contribution >= 0.6 is 12.4 Å². The summed E-state index contributed by atoms with van der Waals surface area (Å²) in [5, 5.41) is 3.28. The summed E-state index contributed by atoms with van der Waals surface area (Å²) in [5.74, 6) is 0.542. The molecule has 7 heteroatoms. The van der Waals surface area contributed by atoms with Crippen molar-refractivity contribution in [3.05, 3.63) is 23.8 Å². The molecule has 1 aromatic rings. The fraction of sp³-hybridized carbons (Fsp3) is 0.500. The van der Waals surface area contributed by atoms with Crippen LogP contribution in [0.3, 0.4) is 0 Å². The molecule has 128 valence electrons. The van der Waals surface area contributed by atoms with Gasteiger partial charge in [0.05, 0.1) is 12.8 Å². The molecule has 6 nitrogen and oxygen atoms in total. The highest BCUT2D eigenvalue weighted by atomic mass is 35.5. The molecule has 1 heterocycles. The molecule has 0 radical (unpaired) electrons. The minimum atomic E-state index is -0.379. The van der Waals surface area contributed by atoms with Gasteiger partial charge in [-0.2, -0.15) is 0 Å². The third-order valence-electron chi connectivity index (χ3n) is 3.93. The number of benzene rings is 1. The molecule has 1 aliphatic heterocycles. The average Bonchev–Trinajstić information content (AvgIpc) is 2.95. The summed E-state index contributed by atoms with van der Waals surface area (Å²) in [6, 6.07) is 5.64. The first kappa shape index (κ1) is 19.1. The second-order valence-electron chi connectivity index (χ2n) is 5.30. The van der Waals surface area contributed by atoms with E-state index in [4.69, 9.17) is 4.74 Å². The summed E-state index contributed by atoms with van der Waals surface area (Å²) < 4.78 is 10.1. The number of methoxy groups -OCH3 is 1. The molecule has 2 rings (SSSR count). The van der Waals surface area contributed by atoms with E-state index in [2.05, 4.69) is 10.1 Å². The van der Waals surface area contributed by atoms with Crippen molar-refractivity contribution in [1.29, 1.82) is 0 Å². The Kier molecular flexibility index (Phi) is 7.16. The molecular formula is C16H23ClN2O4. The van der Waals surface area contributed by atoms with Crippen LogP contribution in [0.25, 0.3) is 0 Å². The van der Waals surface area contributed by atoms with Crippen LogP contribution in [0.15, 0.2) is 18.2 Å². The molecule has 1 atom stereocenters. The Morgan fingerprint density at radius 1 is 1.39 bits per heavy atom. The van der Waals surface area contributed by atoms with Gasteiger partial charge in [0.15, 0.2) is 5.75 Å². The summed E-state index contributed by atoms with van der Waals surface area (Å²) >= 11 is 0. The van der Waals surface area contributed by atoms with Crippen molar-refractivity contribution in [3.63, 3.8) is 0 Å². The molecule has 1 aromatic carbocycles. The van der Waals surface area contributed by atoms with Crippen molar-refractivity contribution in [3.8, 4) is 5.75 Å². The zero-order valence-corrected chi connectivity index (χ0v) is 14.4.